The molecule has 2 amide bonds. The Kier molecular flexibility index (Phi) is 5.31. The molecule has 0 spiro atoms. The molecule has 4 nitrogen and oxygen atoms in total. The molecule has 8 rings (SSSR count). The van der Waals surface area contributed by atoms with Crippen molar-refractivity contribution >= 4 is 64.2 Å². The van der Waals surface area contributed by atoms with Crippen molar-refractivity contribution in [2.75, 3.05) is 4.90 Å². The highest BCUT2D eigenvalue weighted by atomic mass is 35.5. The van der Waals surface area contributed by atoms with Gasteiger partial charge in [-0.3, -0.25) is 14.6 Å². The molecule has 4 aromatic rings. The van der Waals surface area contributed by atoms with Crippen LogP contribution in [0.2, 0.25) is 15.1 Å². The molecule has 1 heterocycles. The Balaban J connectivity index is 1.53. The zero-order chi connectivity index (χ0) is 26.2. The van der Waals surface area contributed by atoms with E-state index in [1.807, 2.05) is 36.4 Å². The van der Waals surface area contributed by atoms with Crippen LogP contribution in [0.15, 0.2) is 96.0 Å². The second-order valence-electron chi connectivity index (χ2n) is 9.82. The summed E-state index contributed by atoms with van der Waals surface area (Å²) in [5, 5.41) is 1.07. The maximum Gasteiger partial charge on any atom is 0.239 e. The summed E-state index contributed by atoms with van der Waals surface area (Å²) in [5.74, 6) is -2.11. The molecule has 7 heteroatoms. The van der Waals surface area contributed by atoms with Crippen LogP contribution in [0, 0.1) is 11.8 Å². The second kappa shape index (κ2) is 8.54. The zero-order valence-electron chi connectivity index (χ0n) is 19.8. The Labute approximate surface area is 234 Å². The number of hydrogen-bond acceptors (Lipinski definition) is 3. The van der Waals surface area contributed by atoms with Crippen LogP contribution in [0.3, 0.4) is 0 Å². The van der Waals surface area contributed by atoms with Gasteiger partial charge in [0.2, 0.25) is 11.8 Å². The van der Waals surface area contributed by atoms with E-state index in [0.29, 0.717) is 26.4 Å². The van der Waals surface area contributed by atoms with Gasteiger partial charge in [0, 0.05) is 12.1 Å². The predicted molar refractivity (Wildman–Crippen MR) is 151 cm³/mol. The third-order valence-electron chi connectivity index (χ3n) is 8.12. The van der Waals surface area contributed by atoms with Gasteiger partial charge in [-0.2, -0.15) is 0 Å². The fourth-order valence-corrected chi connectivity index (χ4v) is 7.25. The van der Waals surface area contributed by atoms with Crippen LogP contribution in [-0.4, -0.2) is 18.0 Å². The Hall–Kier alpha value is -3.44. The molecule has 0 N–H and O–H groups in total. The lowest BCUT2D eigenvalue weighted by molar-refractivity contribution is -0.122. The molecule has 1 fully saturated rings. The number of rotatable bonds is 3. The number of hydrogen-bond donors (Lipinski definition) is 0. The molecule has 0 saturated carbocycles. The maximum atomic E-state index is 14.4. The molecule has 186 valence electrons. The number of amides is 2. The molecule has 2 atom stereocenters. The van der Waals surface area contributed by atoms with E-state index in [9.17, 15) is 9.59 Å². The molecule has 4 aliphatic rings. The van der Waals surface area contributed by atoms with Crippen molar-refractivity contribution in [3.8, 4) is 0 Å². The molecule has 0 radical (unpaired) electrons. The van der Waals surface area contributed by atoms with Gasteiger partial charge in [0.1, 0.15) is 0 Å². The van der Waals surface area contributed by atoms with Gasteiger partial charge in [-0.25, -0.2) is 4.90 Å². The number of imide groups is 1. The van der Waals surface area contributed by atoms with E-state index < -0.39 is 17.3 Å². The minimum atomic E-state index is -0.999. The average molecular weight is 558 g/mol. The van der Waals surface area contributed by atoms with Gasteiger partial charge in [-0.15, -0.1) is 0 Å². The molecule has 0 aromatic heterocycles. The van der Waals surface area contributed by atoms with E-state index in [4.69, 9.17) is 39.8 Å². The molecular formula is C31H19Cl3N2O2. The van der Waals surface area contributed by atoms with Crippen LogP contribution in [0.4, 0.5) is 11.4 Å². The minimum absolute atomic E-state index is 0.249. The van der Waals surface area contributed by atoms with Crippen molar-refractivity contribution in [3.05, 3.63) is 128 Å². The fraction of sp³-hybridized carbons (Fsp3) is 0.129. The van der Waals surface area contributed by atoms with E-state index in [2.05, 4.69) is 12.1 Å². The summed E-state index contributed by atoms with van der Waals surface area (Å²) in [6, 6.07) is 28.3. The van der Waals surface area contributed by atoms with Crippen molar-refractivity contribution < 1.29 is 9.59 Å². The van der Waals surface area contributed by atoms with Gasteiger partial charge < -0.3 is 0 Å². The smallest absolute Gasteiger partial charge is 0.239 e. The fourth-order valence-electron chi connectivity index (χ4n) is 6.68. The highest BCUT2D eigenvalue weighted by Gasteiger charge is 2.68. The van der Waals surface area contributed by atoms with E-state index in [0.717, 1.165) is 22.3 Å². The van der Waals surface area contributed by atoms with Crippen LogP contribution in [0.25, 0.3) is 0 Å². The SMILES string of the molecule is O=C1C2C3c4ccccc4C(C=Nc4cccc(Cl)c4Cl)(c4ccccc43)C2C(=O)N1c1ccccc1Cl. The first-order chi connectivity index (χ1) is 18.4. The van der Waals surface area contributed by atoms with Gasteiger partial charge in [-0.1, -0.05) is 102 Å². The number of carbonyl (C=O) groups excluding carboxylic acids is 2. The lowest BCUT2D eigenvalue weighted by Crippen LogP contribution is -2.54. The number of nitrogens with zero attached hydrogens (tertiary/aromatic N) is 2. The molecule has 1 aliphatic heterocycles. The summed E-state index contributed by atoms with van der Waals surface area (Å²) >= 11 is 19.3. The Morgan fingerprint density at radius 2 is 1.32 bits per heavy atom. The summed E-state index contributed by atoms with van der Waals surface area (Å²) < 4.78 is 0. The number of aliphatic imine (C=N–C) groups is 1. The highest BCUT2D eigenvalue weighted by molar-refractivity contribution is 6.43. The molecule has 2 bridgehead atoms. The number of para-hydroxylation sites is 1. The first kappa shape index (κ1) is 23.7. The van der Waals surface area contributed by atoms with Crippen molar-refractivity contribution in [2.45, 2.75) is 11.3 Å². The molecule has 38 heavy (non-hydrogen) atoms. The average Bonchev–Trinajstić information content (AvgIpc) is 3.20. The first-order valence-electron chi connectivity index (χ1n) is 12.3. The van der Waals surface area contributed by atoms with E-state index in [1.54, 1.807) is 48.7 Å². The normalized spacial score (nSPS) is 25.0. The Bertz CT molecular complexity index is 1650. The minimum Gasteiger partial charge on any atom is -0.274 e. The second-order valence-corrected chi connectivity index (χ2v) is 11.0. The number of halogens is 3. The summed E-state index contributed by atoms with van der Waals surface area (Å²) in [6.45, 7) is 0. The molecule has 4 aromatic carbocycles. The van der Waals surface area contributed by atoms with Gasteiger partial charge in [0.25, 0.3) is 0 Å². The number of benzene rings is 4. The van der Waals surface area contributed by atoms with Crippen molar-refractivity contribution in [3.63, 3.8) is 0 Å². The quantitative estimate of drug-likeness (QED) is 0.192. The van der Waals surface area contributed by atoms with Crippen molar-refractivity contribution in [1.29, 1.82) is 0 Å². The monoisotopic (exact) mass is 556 g/mol. The van der Waals surface area contributed by atoms with Gasteiger partial charge >= 0.3 is 0 Å². The topological polar surface area (TPSA) is 49.7 Å². The van der Waals surface area contributed by atoms with Crippen LogP contribution >= 0.6 is 34.8 Å². The van der Waals surface area contributed by atoms with Crippen LogP contribution < -0.4 is 4.90 Å². The van der Waals surface area contributed by atoms with E-state index in [1.165, 1.54) is 4.90 Å². The van der Waals surface area contributed by atoms with Gasteiger partial charge in [0.15, 0.2) is 0 Å². The zero-order valence-corrected chi connectivity index (χ0v) is 22.1. The van der Waals surface area contributed by atoms with Crippen molar-refractivity contribution in [2.24, 2.45) is 16.8 Å². The molecule has 2 unspecified atom stereocenters. The van der Waals surface area contributed by atoms with Gasteiger partial charge in [-0.05, 0) is 46.5 Å². The number of carbonyl (C=O) groups is 2. The van der Waals surface area contributed by atoms with Crippen LogP contribution in [0.5, 0.6) is 0 Å². The summed E-state index contributed by atoms with van der Waals surface area (Å²) in [6.07, 6.45) is 1.80. The lowest BCUT2D eigenvalue weighted by atomic mass is 9.47. The van der Waals surface area contributed by atoms with E-state index >= 15 is 0 Å². The summed E-state index contributed by atoms with van der Waals surface area (Å²) in [7, 11) is 0. The lowest BCUT2D eigenvalue weighted by Gasteiger charge is -2.52. The Morgan fingerprint density at radius 1 is 0.711 bits per heavy atom. The summed E-state index contributed by atoms with van der Waals surface area (Å²) in [4.78, 5) is 34.7. The maximum absolute atomic E-state index is 14.4. The Morgan fingerprint density at radius 3 is 2.00 bits per heavy atom. The van der Waals surface area contributed by atoms with E-state index in [-0.39, 0.29) is 17.7 Å². The summed E-state index contributed by atoms with van der Waals surface area (Å²) in [5.41, 5.74) is 3.88. The molecule has 1 saturated heterocycles. The van der Waals surface area contributed by atoms with Crippen LogP contribution in [-0.2, 0) is 15.0 Å². The highest BCUT2D eigenvalue weighted by Crippen LogP contribution is 2.64. The van der Waals surface area contributed by atoms with Crippen LogP contribution in [0.1, 0.15) is 28.2 Å². The van der Waals surface area contributed by atoms with Gasteiger partial charge in [0.05, 0.1) is 43.7 Å². The third kappa shape index (κ3) is 3.02. The predicted octanol–water partition coefficient (Wildman–Crippen LogP) is 7.60. The number of anilines is 1. The third-order valence-corrected chi connectivity index (χ3v) is 9.24. The van der Waals surface area contributed by atoms with Crippen molar-refractivity contribution in [1.82, 2.24) is 0 Å². The molecule has 3 aliphatic carbocycles. The largest absolute Gasteiger partial charge is 0.274 e. The first-order valence-corrected chi connectivity index (χ1v) is 13.4. The standard InChI is InChI=1S/C31H19Cl3N2O2/c32-21-12-5-6-15-24(21)36-29(37)26-25-17-8-1-3-10-19(17)31(27(26)30(36)38,20-11-4-2-9-18(20)25)16-35-23-14-7-13-22(33)28(23)34/h1-16,25-27H. The molecular weight excluding hydrogens is 539 g/mol.